The first kappa shape index (κ1) is 21.4. The molecule has 0 atom stereocenters. The summed E-state index contributed by atoms with van der Waals surface area (Å²) in [5.74, 6) is -2.01. The van der Waals surface area contributed by atoms with E-state index in [2.05, 4.69) is 10.2 Å². The fourth-order valence-corrected chi connectivity index (χ4v) is 3.42. The molecule has 3 N–H and O–H groups in total. The lowest BCUT2D eigenvalue weighted by Gasteiger charge is -2.28. The van der Waals surface area contributed by atoms with Crippen LogP contribution in [0.4, 0.5) is 24.5 Å². The molecule has 3 rings (SSSR count). The van der Waals surface area contributed by atoms with Gasteiger partial charge in [-0.1, -0.05) is 0 Å². The molecule has 1 aromatic heterocycles. The van der Waals surface area contributed by atoms with Crippen LogP contribution in [0.1, 0.15) is 35.3 Å². The molecule has 1 fully saturated rings. The van der Waals surface area contributed by atoms with Crippen LogP contribution in [0.2, 0.25) is 0 Å². The number of hydrogen-bond donors (Lipinski definition) is 2. The van der Waals surface area contributed by atoms with Crippen molar-refractivity contribution < 1.29 is 22.8 Å². The standard InChI is InChI=1S/C20H21F3N4O3/c21-20(22,23)16-9-8-15(18(24)29)19(30)27(16)12-17(28)25-13-4-6-14(7-5-13)26-10-2-1-3-11-26/h4-9H,1-3,10-12H2,(H2,24,29)(H,25,28). The number of alkyl halides is 3. The third kappa shape index (κ3) is 4.81. The Hall–Kier alpha value is -3.30. The van der Waals surface area contributed by atoms with E-state index in [1.807, 2.05) is 12.1 Å². The third-order valence-corrected chi connectivity index (χ3v) is 4.90. The van der Waals surface area contributed by atoms with Gasteiger partial charge >= 0.3 is 6.18 Å². The van der Waals surface area contributed by atoms with Gasteiger partial charge in [0, 0.05) is 24.5 Å². The lowest BCUT2D eigenvalue weighted by molar-refractivity contribution is -0.144. The smallest absolute Gasteiger partial charge is 0.372 e. The van der Waals surface area contributed by atoms with Crippen LogP contribution in [0.3, 0.4) is 0 Å². The van der Waals surface area contributed by atoms with Gasteiger partial charge < -0.3 is 16.0 Å². The molecule has 0 radical (unpaired) electrons. The first-order valence-corrected chi connectivity index (χ1v) is 9.42. The van der Waals surface area contributed by atoms with Gasteiger partial charge in [-0.3, -0.25) is 19.0 Å². The molecule has 0 aliphatic carbocycles. The average molecular weight is 422 g/mol. The van der Waals surface area contributed by atoms with Gasteiger partial charge in [-0.2, -0.15) is 13.2 Å². The maximum atomic E-state index is 13.2. The number of hydrogen-bond acceptors (Lipinski definition) is 4. The van der Waals surface area contributed by atoms with E-state index in [0.29, 0.717) is 17.8 Å². The normalized spacial score (nSPS) is 14.4. The number of benzene rings is 1. The number of amides is 2. The highest BCUT2D eigenvalue weighted by Crippen LogP contribution is 2.28. The zero-order chi connectivity index (χ0) is 21.9. The maximum absolute atomic E-state index is 13.2. The van der Waals surface area contributed by atoms with Crippen LogP contribution in [0.15, 0.2) is 41.2 Å². The van der Waals surface area contributed by atoms with Gasteiger partial charge in [0.05, 0.1) is 0 Å². The first-order chi connectivity index (χ1) is 14.2. The number of halogens is 3. The largest absolute Gasteiger partial charge is 0.431 e. The van der Waals surface area contributed by atoms with Gasteiger partial charge in [-0.15, -0.1) is 0 Å². The molecule has 2 heterocycles. The Morgan fingerprint density at radius 2 is 1.63 bits per heavy atom. The molecule has 0 spiro atoms. The van der Waals surface area contributed by atoms with E-state index in [0.717, 1.165) is 31.6 Å². The molecule has 0 unspecified atom stereocenters. The van der Waals surface area contributed by atoms with Gasteiger partial charge in [-0.05, 0) is 55.7 Å². The molecule has 30 heavy (non-hydrogen) atoms. The Morgan fingerprint density at radius 3 is 2.20 bits per heavy atom. The molecule has 1 aliphatic rings. The number of anilines is 2. The van der Waals surface area contributed by atoms with Gasteiger partial charge in [0.25, 0.3) is 11.5 Å². The highest BCUT2D eigenvalue weighted by Gasteiger charge is 2.35. The molecule has 10 heteroatoms. The van der Waals surface area contributed by atoms with E-state index in [1.54, 1.807) is 12.1 Å². The van der Waals surface area contributed by atoms with Crippen LogP contribution in [0.5, 0.6) is 0 Å². The van der Waals surface area contributed by atoms with E-state index < -0.39 is 41.4 Å². The average Bonchev–Trinajstić information content (AvgIpc) is 2.69. The number of nitrogens with two attached hydrogens (primary N) is 1. The Morgan fingerprint density at radius 1 is 1.00 bits per heavy atom. The van der Waals surface area contributed by atoms with Crippen molar-refractivity contribution in [3.8, 4) is 0 Å². The zero-order valence-corrected chi connectivity index (χ0v) is 16.0. The summed E-state index contributed by atoms with van der Waals surface area (Å²) in [5, 5.41) is 2.47. The summed E-state index contributed by atoms with van der Waals surface area (Å²) in [5.41, 5.74) is 3.18. The first-order valence-electron chi connectivity index (χ1n) is 9.42. The molecule has 7 nitrogen and oxygen atoms in total. The van der Waals surface area contributed by atoms with Crippen molar-refractivity contribution in [2.75, 3.05) is 23.3 Å². The molecule has 0 bridgehead atoms. The second-order valence-electron chi connectivity index (χ2n) is 7.03. The van der Waals surface area contributed by atoms with Gasteiger partial charge in [0.15, 0.2) is 0 Å². The highest BCUT2D eigenvalue weighted by atomic mass is 19.4. The minimum absolute atomic E-state index is 0.206. The number of aromatic nitrogens is 1. The molecule has 0 saturated carbocycles. The van der Waals surface area contributed by atoms with Crippen LogP contribution in [-0.2, 0) is 17.5 Å². The third-order valence-electron chi connectivity index (χ3n) is 4.90. The number of carbonyl (C=O) groups is 2. The van der Waals surface area contributed by atoms with Crippen LogP contribution < -0.4 is 21.5 Å². The summed E-state index contributed by atoms with van der Waals surface area (Å²) in [4.78, 5) is 38.1. The summed E-state index contributed by atoms with van der Waals surface area (Å²) in [6.45, 7) is 0.985. The van der Waals surface area contributed by atoms with Crippen LogP contribution in [-0.4, -0.2) is 29.5 Å². The molecule has 1 aliphatic heterocycles. The fraction of sp³-hybridized carbons (Fsp3) is 0.350. The lowest BCUT2D eigenvalue weighted by Crippen LogP contribution is -2.36. The molecule has 2 amide bonds. The van der Waals surface area contributed by atoms with Crippen molar-refractivity contribution >= 4 is 23.2 Å². The minimum atomic E-state index is -4.88. The summed E-state index contributed by atoms with van der Waals surface area (Å²) in [6, 6.07) is 8.21. The van der Waals surface area contributed by atoms with Crippen LogP contribution >= 0.6 is 0 Å². The van der Waals surface area contributed by atoms with Gasteiger partial charge in [-0.25, -0.2) is 0 Å². The van der Waals surface area contributed by atoms with Crippen molar-refractivity contribution in [2.24, 2.45) is 5.73 Å². The van der Waals surface area contributed by atoms with Crippen molar-refractivity contribution in [1.82, 2.24) is 4.57 Å². The lowest BCUT2D eigenvalue weighted by atomic mass is 10.1. The number of piperidine rings is 1. The van der Waals surface area contributed by atoms with E-state index in [1.165, 1.54) is 6.42 Å². The molecule has 2 aromatic rings. The predicted molar refractivity (Wildman–Crippen MR) is 105 cm³/mol. The Labute approximate surface area is 170 Å². The number of nitrogens with one attached hydrogen (secondary N) is 1. The summed E-state index contributed by atoms with van der Waals surface area (Å²) in [6.07, 6.45) is -1.47. The van der Waals surface area contributed by atoms with Crippen LogP contribution in [0, 0.1) is 0 Å². The SMILES string of the molecule is NC(=O)c1ccc(C(F)(F)F)n(CC(=O)Nc2ccc(N3CCCCC3)cc2)c1=O. The van der Waals surface area contributed by atoms with Gasteiger partial charge in [0.1, 0.15) is 17.8 Å². The summed E-state index contributed by atoms with van der Waals surface area (Å²) in [7, 11) is 0. The van der Waals surface area contributed by atoms with E-state index in [4.69, 9.17) is 5.73 Å². The Kier molecular flexibility index (Phi) is 6.14. The number of primary amides is 1. The van der Waals surface area contributed by atoms with Crippen molar-refractivity contribution in [2.45, 2.75) is 32.0 Å². The number of pyridine rings is 1. The summed E-state index contributed by atoms with van der Waals surface area (Å²) < 4.78 is 39.9. The molecular formula is C20H21F3N4O3. The van der Waals surface area contributed by atoms with E-state index in [-0.39, 0.29) is 4.57 Å². The number of carbonyl (C=O) groups excluding carboxylic acids is 2. The van der Waals surface area contributed by atoms with Crippen LogP contribution in [0.25, 0.3) is 0 Å². The van der Waals surface area contributed by atoms with Gasteiger partial charge in [0.2, 0.25) is 5.91 Å². The molecular weight excluding hydrogens is 401 g/mol. The molecule has 160 valence electrons. The minimum Gasteiger partial charge on any atom is -0.372 e. The number of nitrogens with zero attached hydrogens (tertiary/aromatic N) is 2. The van der Waals surface area contributed by atoms with Crippen molar-refractivity contribution in [1.29, 1.82) is 0 Å². The molecule has 1 saturated heterocycles. The topological polar surface area (TPSA) is 97.4 Å². The Balaban J connectivity index is 1.78. The second-order valence-corrected chi connectivity index (χ2v) is 7.03. The fourth-order valence-electron chi connectivity index (χ4n) is 3.42. The van der Waals surface area contributed by atoms with Crippen molar-refractivity contribution in [3.63, 3.8) is 0 Å². The Bertz CT molecular complexity index is 994. The highest BCUT2D eigenvalue weighted by molar-refractivity contribution is 5.93. The zero-order valence-electron chi connectivity index (χ0n) is 16.0. The van der Waals surface area contributed by atoms with E-state index in [9.17, 15) is 27.6 Å². The molecule has 1 aromatic carbocycles. The monoisotopic (exact) mass is 422 g/mol. The van der Waals surface area contributed by atoms with E-state index >= 15 is 0 Å². The predicted octanol–water partition coefficient (Wildman–Crippen LogP) is 2.60. The quantitative estimate of drug-likeness (QED) is 0.774. The second kappa shape index (κ2) is 8.60. The van der Waals surface area contributed by atoms with Crippen molar-refractivity contribution in [3.05, 3.63) is 58.0 Å². The summed E-state index contributed by atoms with van der Waals surface area (Å²) >= 11 is 0. The maximum Gasteiger partial charge on any atom is 0.431 e. The number of rotatable bonds is 5.